The number of rotatable bonds is 0. The van der Waals surface area contributed by atoms with Crippen LogP contribution in [0, 0.1) is 62.6 Å². The minimum atomic E-state index is -0.200. The Morgan fingerprint density at radius 1 is 0.719 bits per heavy atom. The summed E-state index contributed by atoms with van der Waals surface area (Å²) >= 11 is 0. The van der Waals surface area contributed by atoms with Gasteiger partial charge in [0, 0.05) is 0 Å². The van der Waals surface area contributed by atoms with Gasteiger partial charge in [0.25, 0.3) is 0 Å². The highest BCUT2D eigenvalue weighted by atomic mass is 16.3. The van der Waals surface area contributed by atoms with Crippen molar-refractivity contribution < 1.29 is 10.2 Å². The van der Waals surface area contributed by atoms with Crippen LogP contribution in [0.1, 0.15) is 113 Å². The van der Waals surface area contributed by atoms with E-state index in [1.54, 1.807) is 0 Å². The number of fused-ring (bicyclic) bond motifs is 7. The lowest BCUT2D eigenvalue weighted by atomic mass is 9.31. The van der Waals surface area contributed by atoms with Gasteiger partial charge >= 0.3 is 0 Å². The van der Waals surface area contributed by atoms with Crippen molar-refractivity contribution in [1.82, 2.24) is 0 Å². The average Bonchev–Trinajstić information content (AvgIpc) is 2.70. The fraction of sp³-hybridized carbons (Fsp3) is 1.00. The molecule has 2 nitrogen and oxygen atoms in total. The second-order valence-corrected chi connectivity index (χ2v) is 15.2. The minimum Gasteiger partial charge on any atom is -0.393 e. The van der Waals surface area contributed by atoms with Crippen LogP contribution >= 0.6 is 0 Å². The molecule has 5 aliphatic carbocycles. The van der Waals surface area contributed by atoms with Crippen molar-refractivity contribution in [3.8, 4) is 0 Å². The third kappa shape index (κ3) is 2.72. The Kier molecular flexibility index (Phi) is 5.17. The van der Waals surface area contributed by atoms with Gasteiger partial charge in [0.2, 0.25) is 0 Å². The van der Waals surface area contributed by atoms with E-state index in [0.717, 1.165) is 37.0 Å². The first-order valence-corrected chi connectivity index (χ1v) is 14.1. The molecule has 0 aromatic carbocycles. The minimum absolute atomic E-state index is 0.0513. The third-order valence-electron chi connectivity index (χ3n) is 14.0. The molecule has 0 amide bonds. The monoisotopic (exact) mass is 444 g/mol. The van der Waals surface area contributed by atoms with E-state index in [0.29, 0.717) is 28.6 Å². The number of aliphatic hydroxyl groups is 2. The Labute approximate surface area is 198 Å². The first-order chi connectivity index (χ1) is 14.7. The zero-order valence-corrected chi connectivity index (χ0v) is 22.4. The summed E-state index contributed by atoms with van der Waals surface area (Å²) < 4.78 is 0. The fourth-order valence-electron chi connectivity index (χ4n) is 11.7. The molecule has 0 unspecified atom stereocenters. The topological polar surface area (TPSA) is 40.5 Å². The SMILES string of the molecule is C[C@@H]1[C@H]2[C@H]3C[C@H](O)[C@@H]4[C@@]5(C)CC[C@H](O)C(C)(C)[C@@H]5CC[C@@]4(C)[C@]3(C)CC[C@@]2(C)CC[C@H]1C. The molecule has 0 spiro atoms. The quantitative estimate of drug-likeness (QED) is 0.419. The molecule has 0 heterocycles. The first-order valence-electron chi connectivity index (χ1n) is 14.1. The number of hydrogen-bond donors (Lipinski definition) is 2. The molecule has 0 aromatic heterocycles. The summed E-state index contributed by atoms with van der Waals surface area (Å²) in [5.41, 5.74) is 1.07. The maximum atomic E-state index is 12.0. The van der Waals surface area contributed by atoms with E-state index in [-0.39, 0.29) is 28.5 Å². The van der Waals surface area contributed by atoms with Gasteiger partial charge in [-0.05, 0) is 120 Å². The molecule has 12 atom stereocenters. The Hall–Kier alpha value is -0.0800. The van der Waals surface area contributed by atoms with Crippen LogP contribution in [0.5, 0.6) is 0 Å². The van der Waals surface area contributed by atoms with E-state index in [4.69, 9.17) is 0 Å². The van der Waals surface area contributed by atoms with Gasteiger partial charge in [-0.25, -0.2) is 0 Å². The van der Waals surface area contributed by atoms with Crippen LogP contribution in [0.15, 0.2) is 0 Å². The lowest BCUT2D eigenvalue weighted by molar-refractivity contribution is -0.283. The molecule has 0 bridgehead atoms. The Bertz CT molecular complexity index is 760. The summed E-state index contributed by atoms with van der Waals surface area (Å²) in [6.07, 6.45) is 10.5. The third-order valence-corrected chi connectivity index (χ3v) is 14.0. The van der Waals surface area contributed by atoms with Gasteiger partial charge < -0.3 is 10.2 Å². The van der Waals surface area contributed by atoms with Crippen molar-refractivity contribution in [3.63, 3.8) is 0 Å². The molecule has 5 aliphatic rings. The van der Waals surface area contributed by atoms with Gasteiger partial charge in [0.15, 0.2) is 0 Å². The smallest absolute Gasteiger partial charge is 0.0594 e. The van der Waals surface area contributed by atoms with Crippen molar-refractivity contribution in [2.75, 3.05) is 0 Å². The molecule has 0 saturated heterocycles. The highest BCUT2D eigenvalue weighted by molar-refractivity contribution is 5.20. The largest absolute Gasteiger partial charge is 0.393 e. The van der Waals surface area contributed by atoms with Crippen LogP contribution in [0.4, 0.5) is 0 Å². The van der Waals surface area contributed by atoms with Gasteiger partial charge in [0.1, 0.15) is 0 Å². The van der Waals surface area contributed by atoms with Crippen LogP contribution in [0.3, 0.4) is 0 Å². The predicted molar refractivity (Wildman–Crippen MR) is 132 cm³/mol. The number of hydrogen-bond acceptors (Lipinski definition) is 2. The van der Waals surface area contributed by atoms with Crippen LogP contribution in [-0.4, -0.2) is 22.4 Å². The van der Waals surface area contributed by atoms with Gasteiger partial charge in [-0.2, -0.15) is 0 Å². The van der Waals surface area contributed by atoms with Crippen molar-refractivity contribution in [2.45, 2.75) is 125 Å². The molecule has 2 heteroatoms. The molecule has 184 valence electrons. The van der Waals surface area contributed by atoms with Crippen molar-refractivity contribution >= 4 is 0 Å². The molecule has 0 radical (unpaired) electrons. The maximum absolute atomic E-state index is 12.0. The standard InChI is InChI=1S/C30H52O2/c1-18-9-12-27(5)15-16-29(7)20(24(27)19(18)2)17-21(31)25-28(6)13-11-23(32)26(3,4)22(28)10-14-30(25,29)8/h18-25,31-32H,9-17H2,1-8H3/t18-,19+,20-,21+,22+,23+,24+,25-,27-,28+,29-,30-/m1/s1. The van der Waals surface area contributed by atoms with Crippen LogP contribution in [-0.2, 0) is 0 Å². The van der Waals surface area contributed by atoms with E-state index >= 15 is 0 Å². The van der Waals surface area contributed by atoms with E-state index in [1.165, 1.54) is 38.5 Å². The van der Waals surface area contributed by atoms with Crippen LogP contribution in [0.2, 0.25) is 0 Å². The van der Waals surface area contributed by atoms with Gasteiger partial charge in [-0.3, -0.25) is 0 Å². The summed E-state index contributed by atoms with van der Waals surface area (Å²) in [6, 6.07) is 0. The summed E-state index contributed by atoms with van der Waals surface area (Å²) in [5.74, 6) is 3.86. The highest BCUT2D eigenvalue weighted by Gasteiger charge is 2.71. The molecule has 0 aromatic rings. The molecular weight excluding hydrogens is 392 g/mol. The molecule has 32 heavy (non-hydrogen) atoms. The second kappa shape index (κ2) is 6.99. The molecular formula is C30H52O2. The average molecular weight is 445 g/mol. The fourth-order valence-corrected chi connectivity index (χ4v) is 11.7. The van der Waals surface area contributed by atoms with E-state index in [9.17, 15) is 10.2 Å². The Morgan fingerprint density at radius 2 is 1.41 bits per heavy atom. The van der Waals surface area contributed by atoms with E-state index in [1.807, 2.05) is 0 Å². The van der Waals surface area contributed by atoms with Crippen LogP contribution < -0.4 is 0 Å². The summed E-state index contributed by atoms with van der Waals surface area (Å²) in [7, 11) is 0. The molecule has 0 aliphatic heterocycles. The molecule has 5 rings (SSSR count). The van der Waals surface area contributed by atoms with Gasteiger partial charge in [-0.1, -0.05) is 55.4 Å². The van der Waals surface area contributed by atoms with Gasteiger partial charge in [-0.15, -0.1) is 0 Å². The maximum Gasteiger partial charge on any atom is 0.0594 e. The zero-order chi connectivity index (χ0) is 23.5. The summed E-state index contributed by atoms with van der Waals surface area (Å²) in [6.45, 7) is 20.0. The molecule has 5 saturated carbocycles. The normalized spacial score (nSPS) is 61.7. The number of aliphatic hydroxyl groups excluding tert-OH is 2. The van der Waals surface area contributed by atoms with Crippen molar-refractivity contribution in [1.29, 1.82) is 0 Å². The zero-order valence-electron chi connectivity index (χ0n) is 22.4. The Morgan fingerprint density at radius 3 is 2.09 bits per heavy atom. The second-order valence-electron chi connectivity index (χ2n) is 15.2. The predicted octanol–water partition coefficient (Wildman–Crippen LogP) is 7.08. The first kappa shape index (κ1) is 23.7. The van der Waals surface area contributed by atoms with Gasteiger partial charge in [0.05, 0.1) is 12.2 Å². The van der Waals surface area contributed by atoms with Crippen molar-refractivity contribution in [3.05, 3.63) is 0 Å². The van der Waals surface area contributed by atoms with E-state index < -0.39 is 0 Å². The molecule has 2 N–H and O–H groups in total. The lowest BCUT2D eigenvalue weighted by Gasteiger charge is -2.74. The van der Waals surface area contributed by atoms with Crippen LogP contribution in [0.25, 0.3) is 0 Å². The van der Waals surface area contributed by atoms with E-state index in [2.05, 4.69) is 55.4 Å². The summed E-state index contributed by atoms with van der Waals surface area (Å²) in [4.78, 5) is 0. The highest BCUT2D eigenvalue weighted by Crippen LogP contribution is 2.76. The lowest BCUT2D eigenvalue weighted by Crippen LogP contribution is -2.70. The Balaban J connectivity index is 1.58. The summed E-state index contributed by atoms with van der Waals surface area (Å²) in [5, 5.41) is 22.9. The van der Waals surface area contributed by atoms with Crippen molar-refractivity contribution in [2.24, 2.45) is 62.6 Å². The molecule has 5 fully saturated rings.